The van der Waals surface area contributed by atoms with Crippen LogP contribution in [0.25, 0.3) is 0 Å². The van der Waals surface area contributed by atoms with E-state index in [1.54, 1.807) is 32.0 Å². The molecular weight excluding hydrogens is 220 g/mol. The van der Waals surface area contributed by atoms with Crippen molar-refractivity contribution in [3.8, 4) is 11.5 Å². The molecular formula is C12H16N2O3. The minimum absolute atomic E-state index is 0.00227. The molecule has 17 heavy (non-hydrogen) atoms. The topological polar surface area (TPSA) is 70.9 Å². The molecule has 0 heterocycles. The standard InChI is InChI=1S/C12H16N2O3/c1-8(2)12(16)14-13-7-9-5-4-6-10(17-3)11(9)15/h4-8,15H,1-3H3,(H,14,16). The van der Waals surface area contributed by atoms with Gasteiger partial charge in [-0.25, -0.2) is 5.43 Å². The zero-order valence-corrected chi connectivity index (χ0v) is 10.1. The Morgan fingerprint density at radius 1 is 1.53 bits per heavy atom. The number of methoxy groups -OCH3 is 1. The first-order valence-corrected chi connectivity index (χ1v) is 5.25. The molecule has 0 bridgehead atoms. The van der Waals surface area contributed by atoms with Crippen molar-refractivity contribution < 1.29 is 14.6 Å². The van der Waals surface area contributed by atoms with Crippen LogP contribution in [-0.2, 0) is 4.79 Å². The summed E-state index contributed by atoms with van der Waals surface area (Å²) in [5.41, 5.74) is 2.85. The minimum Gasteiger partial charge on any atom is -0.504 e. The van der Waals surface area contributed by atoms with Crippen molar-refractivity contribution in [2.24, 2.45) is 11.0 Å². The minimum atomic E-state index is -0.177. The van der Waals surface area contributed by atoms with E-state index < -0.39 is 0 Å². The van der Waals surface area contributed by atoms with Crippen molar-refractivity contribution >= 4 is 12.1 Å². The number of benzene rings is 1. The van der Waals surface area contributed by atoms with Crippen molar-refractivity contribution in [3.05, 3.63) is 23.8 Å². The molecule has 0 aliphatic heterocycles. The van der Waals surface area contributed by atoms with E-state index in [0.717, 1.165) is 0 Å². The first-order valence-electron chi connectivity index (χ1n) is 5.25. The fraction of sp³-hybridized carbons (Fsp3) is 0.333. The Morgan fingerprint density at radius 3 is 2.82 bits per heavy atom. The summed E-state index contributed by atoms with van der Waals surface area (Å²) in [6.45, 7) is 3.54. The van der Waals surface area contributed by atoms with Crippen LogP contribution >= 0.6 is 0 Å². The molecule has 5 nitrogen and oxygen atoms in total. The maximum absolute atomic E-state index is 11.2. The Hall–Kier alpha value is -2.04. The Bertz CT molecular complexity index is 428. The number of nitrogens with zero attached hydrogens (tertiary/aromatic N) is 1. The van der Waals surface area contributed by atoms with Crippen LogP contribution in [0.4, 0.5) is 0 Å². The number of hydrazone groups is 1. The molecule has 1 amide bonds. The number of nitrogens with one attached hydrogen (secondary N) is 1. The lowest BCUT2D eigenvalue weighted by molar-refractivity contribution is -0.123. The molecule has 0 aliphatic carbocycles. The normalized spacial score (nSPS) is 10.8. The molecule has 0 radical (unpaired) electrons. The van der Waals surface area contributed by atoms with Gasteiger partial charge in [-0.05, 0) is 12.1 Å². The Balaban J connectivity index is 2.75. The summed E-state index contributed by atoms with van der Waals surface area (Å²) in [5, 5.41) is 13.5. The molecule has 0 saturated carbocycles. The first-order chi connectivity index (χ1) is 8.06. The van der Waals surface area contributed by atoms with Gasteiger partial charge < -0.3 is 9.84 Å². The molecule has 0 fully saturated rings. The Kier molecular flexibility index (Phi) is 4.51. The highest BCUT2D eigenvalue weighted by atomic mass is 16.5. The van der Waals surface area contributed by atoms with Gasteiger partial charge in [0.15, 0.2) is 11.5 Å². The second kappa shape index (κ2) is 5.89. The van der Waals surface area contributed by atoms with Crippen LogP contribution < -0.4 is 10.2 Å². The average Bonchev–Trinajstić information content (AvgIpc) is 2.31. The summed E-state index contributed by atoms with van der Waals surface area (Å²) >= 11 is 0. The summed E-state index contributed by atoms with van der Waals surface area (Å²) in [6.07, 6.45) is 1.37. The smallest absolute Gasteiger partial charge is 0.242 e. The van der Waals surface area contributed by atoms with E-state index in [1.165, 1.54) is 13.3 Å². The van der Waals surface area contributed by atoms with Gasteiger partial charge in [-0.3, -0.25) is 4.79 Å². The van der Waals surface area contributed by atoms with Crippen molar-refractivity contribution in [1.82, 2.24) is 5.43 Å². The average molecular weight is 236 g/mol. The van der Waals surface area contributed by atoms with Crippen molar-refractivity contribution in [3.63, 3.8) is 0 Å². The van der Waals surface area contributed by atoms with E-state index in [4.69, 9.17) is 4.74 Å². The van der Waals surface area contributed by atoms with Crippen LogP contribution in [0.1, 0.15) is 19.4 Å². The molecule has 5 heteroatoms. The van der Waals surface area contributed by atoms with E-state index in [9.17, 15) is 9.90 Å². The molecule has 0 atom stereocenters. The van der Waals surface area contributed by atoms with E-state index in [2.05, 4.69) is 10.5 Å². The zero-order chi connectivity index (χ0) is 12.8. The molecule has 1 aromatic rings. The largest absolute Gasteiger partial charge is 0.504 e. The molecule has 0 spiro atoms. The van der Waals surface area contributed by atoms with Crippen LogP contribution in [0.2, 0.25) is 0 Å². The monoisotopic (exact) mass is 236 g/mol. The van der Waals surface area contributed by atoms with Gasteiger partial charge in [-0.2, -0.15) is 5.10 Å². The molecule has 92 valence electrons. The van der Waals surface area contributed by atoms with Gasteiger partial charge in [0.1, 0.15) is 0 Å². The van der Waals surface area contributed by atoms with Gasteiger partial charge in [0.25, 0.3) is 0 Å². The third-order valence-electron chi connectivity index (χ3n) is 2.15. The van der Waals surface area contributed by atoms with E-state index in [-0.39, 0.29) is 17.6 Å². The molecule has 0 saturated heterocycles. The molecule has 0 unspecified atom stereocenters. The Labute approximate surface area is 100 Å². The highest BCUT2D eigenvalue weighted by molar-refractivity contribution is 5.86. The summed E-state index contributed by atoms with van der Waals surface area (Å²) in [7, 11) is 1.47. The van der Waals surface area contributed by atoms with Crippen LogP contribution in [0.5, 0.6) is 11.5 Å². The van der Waals surface area contributed by atoms with E-state index in [1.807, 2.05) is 0 Å². The maximum Gasteiger partial charge on any atom is 0.242 e. The SMILES string of the molecule is COc1cccc(C=NNC(=O)C(C)C)c1O. The van der Waals surface area contributed by atoms with Crippen molar-refractivity contribution in [2.75, 3.05) is 7.11 Å². The quantitative estimate of drug-likeness (QED) is 0.615. The second-order valence-corrected chi connectivity index (χ2v) is 3.79. The van der Waals surface area contributed by atoms with Crippen LogP contribution in [0.3, 0.4) is 0 Å². The number of amides is 1. The highest BCUT2D eigenvalue weighted by Crippen LogP contribution is 2.27. The second-order valence-electron chi connectivity index (χ2n) is 3.79. The van der Waals surface area contributed by atoms with Gasteiger partial charge in [0, 0.05) is 11.5 Å². The number of phenolic OH excluding ortho intramolecular Hbond substituents is 1. The Morgan fingerprint density at radius 2 is 2.24 bits per heavy atom. The maximum atomic E-state index is 11.2. The number of hydrogen-bond donors (Lipinski definition) is 2. The molecule has 0 aromatic heterocycles. The fourth-order valence-electron chi connectivity index (χ4n) is 1.10. The van der Waals surface area contributed by atoms with Crippen molar-refractivity contribution in [2.45, 2.75) is 13.8 Å². The highest BCUT2D eigenvalue weighted by Gasteiger charge is 2.06. The number of carbonyl (C=O) groups excluding carboxylic acids is 1. The number of hydrogen-bond acceptors (Lipinski definition) is 4. The number of para-hydroxylation sites is 1. The number of ether oxygens (including phenoxy) is 1. The van der Waals surface area contributed by atoms with Gasteiger partial charge in [-0.1, -0.05) is 19.9 Å². The third kappa shape index (κ3) is 3.48. The van der Waals surface area contributed by atoms with Gasteiger partial charge in [-0.15, -0.1) is 0 Å². The summed E-state index contributed by atoms with van der Waals surface area (Å²) in [6, 6.07) is 5.03. The predicted octanol–water partition coefficient (Wildman–Crippen LogP) is 1.51. The summed E-state index contributed by atoms with van der Waals surface area (Å²) in [4.78, 5) is 11.2. The summed E-state index contributed by atoms with van der Waals surface area (Å²) < 4.78 is 4.95. The van der Waals surface area contributed by atoms with Gasteiger partial charge in [0.05, 0.1) is 13.3 Å². The van der Waals surface area contributed by atoms with E-state index >= 15 is 0 Å². The van der Waals surface area contributed by atoms with Crippen LogP contribution in [0, 0.1) is 5.92 Å². The lowest BCUT2D eigenvalue weighted by atomic mass is 10.2. The van der Waals surface area contributed by atoms with Gasteiger partial charge >= 0.3 is 0 Å². The van der Waals surface area contributed by atoms with Gasteiger partial charge in [0.2, 0.25) is 5.91 Å². The molecule has 2 N–H and O–H groups in total. The molecule has 1 aromatic carbocycles. The third-order valence-corrected chi connectivity index (χ3v) is 2.15. The van der Waals surface area contributed by atoms with Crippen LogP contribution in [0.15, 0.2) is 23.3 Å². The zero-order valence-electron chi connectivity index (χ0n) is 10.1. The lowest BCUT2D eigenvalue weighted by Gasteiger charge is -2.05. The van der Waals surface area contributed by atoms with Crippen molar-refractivity contribution in [1.29, 1.82) is 0 Å². The molecule has 1 rings (SSSR count). The van der Waals surface area contributed by atoms with Crippen LogP contribution in [-0.4, -0.2) is 24.3 Å². The lowest BCUT2D eigenvalue weighted by Crippen LogP contribution is -2.22. The number of rotatable bonds is 4. The first kappa shape index (κ1) is 13.0. The number of aromatic hydroxyl groups is 1. The predicted molar refractivity (Wildman–Crippen MR) is 65.2 cm³/mol. The number of carbonyl (C=O) groups is 1. The van der Waals surface area contributed by atoms with E-state index in [0.29, 0.717) is 11.3 Å². The summed E-state index contributed by atoms with van der Waals surface area (Å²) in [5.74, 6) is 0.0522. The number of phenols is 1. The molecule has 0 aliphatic rings. The fourth-order valence-corrected chi connectivity index (χ4v) is 1.10.